The number of Topliss-reactive ketones (excluding diaryl/α,β-unsaturated/α-hetero) is 1. The first-order valence-electron chi connectivity index (χ1n) is 8.84. The van der Waals surface area contributed by atoms with Crippen LogP contribution in [0.5, 0.6) is 0 Å². The topological polar surface area (TPSA) is 64.5 Å². The van der Waals surface area contributed by atoms with Gasteiger partial charge in [0.15, 0.2) is 5.78 Å². The van der Waals surface area contributed by atoms with Gasteiger partial charge in [0.2, 0.25) is 0 Å². The lowest BCUT2D eigenvalue weighted by atomic mass is 9.80. The molecule has 0 aliphatic heterocycles. The van der Waals surface area contributed by atoms with E-state index in [1.807, 2.05) is 12.2 Å². The van der Waals surface area contributed by atoms with E-state index < -0.39 is 0 Å². The normalized spacial score (nSPS) is 18.3. The Balaban J connectivity index is 2.03. The maximum absolute atomic E-state index is 13.1. The summed E-state index contributed by atoms with van der Waals surface area (Å²) in [5.74, 6) is -0.249. The number of fused-ring (bicyclic) bond motifs is 2. The number of rotatable bonds is 5. The number of carbonyl (C=O) groups is 1. The highest BCUT2D eigenvalue weighted by molar-refractivity contribution is 6.30. The maximum atomic E-state index is 13.1. The summed E-state index contributed by atoms with van der Waals surface area (Å²) in [5.41, 5.74) is 3.05. The highest BCUT2D eigenvalue weighted by Gasteiger charge is 2.31. The minimum atomic E-state index is -0.127. The van der Waals surface area contributed by atoms with Crippen molar-refractivity contribution in [1.29, 1.82) is 0 Å². The number of benzene rings is 1. The molecule has 0 bridgehead atoms. The fourth-order valence-corrected chi connectivity index (χ4v) is 3.29. The first kappa shape index (κ1) is 18.1. The van der Waals surface area contributed by atoms with Crippen molar-refractivity contribution in [2.45, 2.75) is 6.42 Å². The number of likely N-dealkylation sites (N-methyl/N-ethyl adjacent to an activating group) is 1. The van der Waals surface area contributed by atoms with E-state index in [0.717, 1.165) is 17.4 Å². The Morgan fingerprint density at radius 1 is 1.08 bits per heavy atom. The van der Waals surface area contributed by atoms with E-state index in [1.54, 1.807) is 31.3 Å². The summed E-state index contributed by atoms with van der Waals surface area (Å²) in [7, 11) is 8.18. The van der Waals surface area contributed by atoms with E-state index in [2.05, 4.69) is 31.5 Å². The number of aliphatic imine (C=N–C) groups is 1. The van der Waals surface area contributed by atoms with Gasteiger partial charge in [-0.2, -0.15) is 0 Å². The molecule has 0 spiro atoms. The summed E-state index contributed by atoms with van der Waals surface area (Å²) < 4.78 is 0.872. The molecule has 3 rings (SSSR count). The standard InChI is InChI=1S/C21H25N3O2/c1-22-16-10-11-17(23-12-7-13-24(2,3)4)19-18(16)20(25)14-8-5-6-9-15(14)21(19)26/h5-6,8-11H,7,12-13H2,1-4H3,(H-,22,23,25,26). The predicted molar refractivity (Wildman–Crippen MR) is 103 cm³/mol. The first-order valence-corrected chi connectivity index (χ1v) is 8.84. The first-order chi connectivity index (χ1) is 12.3. The fourth-order valence-electron chi connectivity index (χ4n) is 3.29. The van der Waals surface area contributed by atoms with Crippen molar-refractivity contribution in [2.24, 2.45) is 4.99 Å². The molecule has 2 aliphatic carbocycles. The van der Waals surface area contributed by atoms with Crippen LogP contribution in [0, 0.1) is 0 Å². The molecule has 5 nitrogen and oxygen atoms in total. The van der Waals surface area contributed by atoms with Crippen molar-refractivity contribution in [3.63, 3.8) is 0 Å². The Hall–Kier alpha value is -2.66. The molecule has 2 aliphatic rings. The minimum Gasteiger partial charge on any atom is -0.872 e. The van der Waals surface area contributed by atoms with E-state index in [1.165, 1.54) is 0 Å². The number of hydrogen-bond acceptors (Lipinski definition) is 4. The molecule has 1 N–H and O–H groups in total. The lowest BCUT2D eigenvalue weighted by Crippen LogP contribution is -2.35. The molecule has 0 saturated heterocycles. The highest BCUT2D eigenvalue weighted by atomic mass is 16.3. The van der Waals surface area contributed by atoms with Gasteiger partial charge in [-0.05, 0) is 17.7 Å². The second-order valence-electron chi connectivity index (χ2n) is 7.59. The molecule has 0 unspecified atom stereocenters. The Morgan fingerprint density at radius 2 is 1.77 bits per heavy atom. The van der Waals surface area contributed by atoms with Crippen molar-refractivity contribution in [2.75, 3.05) is 41.3 Å². The van der Waals surface area contributed by atoms with E-state index >= 15 is 0 Å². The predicted octanol–water partition coefficient (Wildman–Crippen LogP) is 1.53. The third-order valence-corrected chi connectivity index (χ3v) is 4.59. The van der Waals surface area contributed by atoms with Crippen LogP contribution in [0.25, 0.3) is 5.76 Å². The largest absolute Gasteiger partial charge is 0.872 e. The Morgan fingerprint density at radius 3 is 2.42 bits per heavy atom. The molecule has 0 radical (unpaired) electrons. The number of carbonyl (C=O) groups excluding carboxylic acids is 1. The average Bonchev–Trinajstić information content (AvgIpc) is 2.62. The molecule has 136 valence electrons. The van der Waals surface area contributed by atoms with Crippen molar-refractivity contribution < 1.29 is 14.4 Å². The van der Waals surface area contributed by atoms with Crippen LogP contribution in [-0.4, -0.2) is 57.3 Å². The van der Waals surface area contributed by atoms with Gasteiger partial charge in [-0.3, -0.25) is 9.79 Å². The van der Waals surface area contributed by atoms with Gasteiger partial charge in [0.25, 0.3) is 0 Å². The van der Waals surface area contributed by atoms with Crippen LogP contribution in [0.3, 0.4) is 0 Å². The summed E-state index contributed by atoms with van der Waals surface area (Å²) in [6.07, 6.45) is 4.58. The van der Waals surface area contributed by atoms with Gasteiger partial charge in [-0.1, -0.05) is 30.0 Å². The summed E-state index contributed by atoms with van der Waals surface area (Å²) >= 11 is 0. The molecule has 0 aromatic heterocycles. The highest BCUT2D eigenvalue weighted by Crippen LogP contribution is 2.36. The number of hydrogen-bond donors (Lipinski definition) is 1. The zero-order valence-corrected chi connectivity index (χ0v) is 15.8. The minimum absolute atomic E-state index is 0.122. The van der Waals surface area contributed by atoms with Crippen LogP contribution in [-0.2, 0) is 0 Å². The second-order valence-corrected chi connectivity index (χ2v) is 7.59. The molecule has 0 saturated carbocycles. The number of nitrogens with one attached hydrogen (secondary N) is 1. The van der Waals surface area contributed by atoms with Gasteiger partial charge in [0.05, 0.1) is 39.0 Å². The monoisotopic (exact) mass is 351 g/mol. The third kappa shape index (κ3) is 3.35. The zero-order chi connectivity index (χ0) is 18.9. The molecule has 0 heterocycles. The molecule has 5 heteroatoms. The zero-order valence-electron chi connectivity index (χ0n) is 15.8. The van der Waals surface area contributed by atoms with Gasteiger partial charge in [0, 0.05) is 36.8 Å². The molecule has 1 aromatic carbocycles. The van der Waals surface area contributed by atoms with Gasteiger partial charge in [-0.25, -0.2) is 0 Å². The van der Waals surface area contributed by atoms with Gasteiger partial charge < -0.3 is 14.9 Å². The molecule has 0 atom stereocenters. The van der Waals surface area contributed by atoms with Crippen molar-refractivity contribution in [1.82, 2.24) is 5.32 Å². The second kappa shape index (κ2) is 6.92. The third-order valence-electron chi connectivity index (χ3n) is 4.59. The quantitative estimate of drug-likeness (QED) is 0.646. The van der Waals surface area contributed by atoms with E-state index in [4.69, 9.17) is 0 Å². The summed E-state index contributed by atoms with van der Waals surface area (Å²) in [5, 5.41) is 16.1. The maximum Gasteiger partial charge on any atom is 0.196 e. The molecule has 0 fully saturated rings. The molecular formula is C21H25N3O2. The van der Waals surface area contributed by atoms with Crippen molar-refractivity contribution in [3.8, 4) is 0 Å². The SMILES string of the molecule is CNC1=C2C(=O)c3ccccc3C([O-])=C2C(=NCCC[N+](C)(C)C)C=C1. The number of nitrogens with zero attached hydrogens (tertiary/aromatic N) is 2. The summed E-state index contributed by atoms with van der Waals surface area (Å²) in [6, 6.07) is 7.00. The van der Waals surface area contributed by atoms with E-state index in [9.17, 15) is 9.90 Å². The van der Waals surface area contributed by atoms with Crippen LogP contribution in [0.1, 0.15) is 22.3 Å². The van der Waals surface area contributed by atoms with Crippen LogP contribution in [0.15, 0.2) is 58.3 Å². The Bertz CT molecular complexity index is 867. The molecule has 26 heavy (non-hydrogen) atoms. The van der Waals surface area contributed by atoms with Crippen LogP contribution >= 0.6 is 0 Å². The van der Waals surface area contributed by atoms with E-state index in [-0.39, 0.29) is 11.5 Å². The smallest absolute Gasteiger partial charge is 0.196 e. The Labute approximate surface area is 154 Å². The van der Waals surface area contributed by atoms with Crippen LogP contribution < -0.4 is 10.4 Å². The lowest BCUT2D eigenvalue weighted by molar-refractivity contribution is -0.870. The number of allylic oxidation sites excluding steroid dienone is 4. The average molecular weight is 351 g/mol. The molecule has 0 amide bonds. The van der Waals surface area contributed by atoms with E-state index in [0.29, 0.717) is 40.2 Å². The fraction of sp³-hybridized carbons (Fsp3) is 0.333. The van der Waals surface area contributed by atoms with Gasteiger partial charge in [0.1, 0.15) is 0 Å². The van der Waals surface area contributed by atoms with Crippen molar-refractivity contribution in [3.05, 3.63) is 64.4 Å². The summed E-state index contributed by atoms with van der Waals surface area (Å²) in [4.78, 5) is 17.7. The molecular weight excluding hydrogens is 326 g/mol. The van der Waals surface area contributed by atoms with Gasteiger partial charge >= 0.3 is 0 Å². The van der Waals surface area contributed by atoms with Crippen LogP contribution in [0.4, 0.5) is 0 Å². The summed E-state index contributed by atoms with van der Waals surface area (Å²) in [6.45, 7) is 1.62. The number of quaternary nitrogens is 1. The number of ketones is 1. The van der Waals surface area contributed by atoms with Gasteiger partial charge in [-0.15, -0.1) is 0 Å². The Kier molecular flexibility index (Phi) is 4.83. The van der Waals surface area contributed by atoms with Crippen molar-refractivity contribution >= 4 is 17.3 Å². The van der Waals surface area contributed by atoms with Crippen LogP contribution in [0.2, 0.25) is 0 Å². The molecule has 1 aromatic rings. The lowest BCUT2D eigenvalue weighted by Gasteiger charge is -2.31.